The van der Waals surface area contributed by atoms with Crippen LogP contribution in [0.1, 0.15) is 18.9 Å². The molecular weight excluding hydrogens is 244 g/mol. The molecule has 1 aromatic rings. The van der Waals surface area contributed by atoms with E-state index in [4.69, 9.17) is 21.6 Å². The number of nitrogens with two attached hydrogens (primary N) is 2. The second kappa shape index (κ2) is 7.38. The van der Waals surface area contributed by atoms with Crippen LogP contribution in [0.4, 0.5) is 0 Å². The normalized spacial score (nSPS) is 11.7. The highest BCUT2D eigenvalue weighted by atomic mass is 16.5. The van der Waals surface area contributed by atoms with Gasteiger partial charge < -0.3 is 21.5 Å². The topological polar surface area (TPSA) is 114 Å². The van der Waals surface area contributed by atoms with Gasteiger partial charge in [-0.3, -0.25) is 10.2 Å². The number of amidine groups is 1. The number of carbonyl (C=O) groups excluding carboxylic acids is 1. The molecule has 0 aromatic heterocycles. The lowest BCUT2D eigenvalue weighted by atomic mass is 10.2. The maximum atomic E-state index is 11.2. The predicted octanol–water partition coefficient (Wildman–Crippen LogP) is 0.203. The summed E-state index contributed by atoms with van der Waals surface area (Å²) in [7, 11) is 0. The zero-order chi connectivity index (χ0) is 14.3. The summed E-state index contributed by atoms with van der Waals surface area (Å²) >= 11 is 0. The standard InChI is InChI=1S/C13H20N4O2/c1-9(14)13(18)17-6-3-7-19-11-5-2-4-10(8-11)12(15)16/h2,4-5,8-9H,3,6-7,14H2,1H3,(H3,15,16)(H,17,18)/t9-/m0/s1. The van der Waals surface area contributed by atoms with Gasteiger partial charge in [0.2, 0.25) is 5.91 Å². The van der Waals surface area contributed by atoms with Gasteiger partial charge in [0.15, 0.2) is 0 Å². The summed E-state index contributed by atoms with van der Waals surface area (Å²) in [4.78, 5) is 11.2. The molecule has 6 nitrogen and oxygen atoms in total. The van der Waals surface area contributed by atoms with Gasteiger partial charge in [-0.1, -0.05) is 12.1 Å². The van der Waals surface area contributed by atoms with Crippen molar-refractivity contribution in [1.29, 1.82) is 5.41 Å². The van der Waals surface area contributed by atoms with Crippen LogP contribution in [0.2, 0.25) is 0 Å². The third-order valence-electron chi connectivity index (χ3n) is 2.45. The number of ether oxygens (including phenoxy) is 1. The maximum absolute atomic E-state index is 11.2. The highest BCUT2D eigenvalue weighted by Gasteiger charge is 2.05. The molecule has 0 aliphatic carbocycles. The Hall–Kier alpha value is -2.08. The van der Waals surface area contributed by atoms with Crippen molar-refractivity contribution >= 4 is 11.7 Å². The molecule has 1 amide bonds. The number of nitrogen functional groups attached to an aromatic ring is 1. The highest BCUT2D eigenvalue weighted by molar-refractivity contribution is 5.95. The van der Waals surface area contributed by atoms with E-state index in [1.54, 1.807) is 31.2 Å². The molecule has 19 heavy (non-hydrogen) atoms. The molecule has 104 valence electrons. The van der Waals surface area contributed by atoms with E-state index in [0.717, 1.165) is 0 Å². The van der Waals surface area contributed by atoms with E-state index in [9.17, 15) is 4.79 Å². The Morgan fingerprint density at radius 3 is 2.89 bits per heavy atom. The Balaban J connectivity index is 2.28. The average Bonchev–Trinajstić information content (AvgIpc) is 2.38. The third-order valence-corrected chi connectivity index (χ3v) is 2.45. The van der Waals surface area contributed by atoms with Crippen molar-refractivity contribution in [2.24, 2.45) is 11.5 Å². The molecule has 0 spiro atoms. The van der Waals surface area contributed by atoms with Crippen LogP contribution in [-0.4, -0.2) is 30.9 Å². The minimum atomic E-state index is -0.492. The number of carbonyl (C=O) groups is 1. The summed E-state index contributed by atoms with van der Waals surface area (Å²) in [5.41, 5.74) is 11.4. The second-order valence-corrected chi connectivity index (χ2v) is 4.22. The van der Waals surface area contributed by atoms with Crippen LogP contribution >= 0.6 is 0 Å². The molecule has 0 aliphatic heterocycles. The molecule has 6 heteroatoms. The quantitative estimate of drug-likeness (QED) is 0.320. The Kier molecular flexibility index (Phi) is 5.81. The Labute approximate surface area is 112 Å². The molecule has 0 fully saturated rings. The van der Waals surface area contributed by atoms with E-state index < -0.39 is 6.04 Å². The Bertz CT molecular complexity index is 446. The first-order chi connectivity index (χ1) is 9.00. The zero-order valence-electron chi connectivity index (χ0n) is 11.0. The molecule has 0 saturated heterocycles. The fraction of sp³-hybridized carbons (Fsp3) is 0.385. The first kappa shape index (κ1) is 15.0. The average molecular weight is 264 g/mol. The van der Waals surface area contributed by atoms with Crippen molar-refractivity contribution in [3.63, 3.8) is 0 Å². The van der Waals surface area contributed by atoms with Crippen molar-refractivity contribution in [3.8, 4) is 5.75 Å². The molecule has 0 aliphatic rings. The van der Waals surface area contributed by atoms with Gasteiger partial charge in [-0.2, -0.15) is 0 Å². The lowest BCUT2D eigenvalue weighted by Gasteiger charge is -2.09. The zero-order valence-corrected chi connectivity index (χ0v) is 11.0. The summed E-state index contributed by atoms with van der Waals surface area (Å²) in [6.07, 6.45) is 0.683. The van der Waals surface area contributed by atoms with E-state index in [2.05, 4.69) is 5.32 Å². The van der Waals surface area contributed by atoms with E-state index in [1.165, 1.54) is 0 Å². The van der Waals surface area contributed by atoms with Gasteiger partial charge >= 0.3 is 0 Å². The van der Waals surface area contributed by atoms with Crippen molar-refractivity contribution in [3.05, 3.63) is 29.8 Å². The fourth-order valence-electron chi connectivity index (χ4n) is 1.39. The summed E-state index contributed by atoms with van der Waals surface area (Å²) < 4.78 is 5.50. The lowest BCUT2D eigenvalue weighted by molar-refractivity contribution is -0.121. The first-order valence-corrected chi connectivity index (χ1v) is 6.11. The van der Waals surface area contributed by atoms with Crippen molar-refractivity contribution in [2.45, 2.75) is 19.4 Å². The molecule has 0 heterocycles. The number of rotatable bonds is 7. The lowest BCUT2D eigenvalue weighted by Crippen LogP contribution is -2.38. The predicted molar refractivity (Wildman–Crippen MR) is 74.2 cm³/mol. The van der Waals surface area contributed by atoms with Crippen LogP contribution in [-0.2, 0) is 4.79 Å². The van der Waals surface area contributed by atoms with E-state index in [0.29, 0.717) is 30.9 Å². The van der Waals surface area contributed by atoms with Gasteiger partial charge in [0.1, 0.15) is 11.6 Å². The molecule has 0 bridgehead atoms. The highest BCUT2D eigenvalue weighted by Crippen LogP contribution is 2.12. The largest absolute Gasteiger partial charge is 0.494 e. The Morgan fingerprint density at radius 1 is 1.53 bits per heavy atom. The maximum Gasteiger partial charge on any atom is 0.236 e. The van der Waals surface area contributed by atoms with Crippen LogP contribution in [0, 0.1) is 5.41 Å². The number of hydrogen-bond acceptors (Lipinski definition) is 4. The summed E-state index contributed by atoms with van der Waals surface area (Å²) in [6.45, 7) is 2.63. The smallest absolute Gasteiger partial charge is 0.236 e. The molecule has 0 radical (unpaired) electrons. The number of amides is 1. The van der Waals surface area contributed by atoms with Crippen LogP contribution in [0.25, 0.3) is 0 Å². The van der Waals surface area contributed by atoms with Crippen LogP contribution in [0.3, 0.4) is 0 Å². The third kappa shape index (κ3) is 5.39. The Morgan fingerprint density at radius 2 is 2.26 bits per heavy atom. The SMILES string of the molecule is C[C@H](N)C(=O)NCCCOc1cccc(C(=N)N)c1. The molecule has 1 aromatic carbocycles. The van der Waals surface area contributed by atoms with Crippen LogP contribution in [0.15, 0.2) is 24.3 Å². The summed E-state index contributed by atoms with van der Waals surface area (Å²) in [5, 5.41) is 10.0. The molecule has 6 N–H and O–H groups in total. The van der Waals surface area contributed by atoms with Crippen molar-refractivity contribution in [1.82, 2.24) is 5.32 Å². The number of nitrogens with one attached hydrogen (secondary N) is 2. The minimum absolute atomic E-state index is 0.00893. The first-order valence-electron chi connectivity index (χ1n) is 6.11. The second-order valence-electron chi connectivity index (χ2n) is 4.22. The molecule has 0 saturated carbocycles. The molecule has 1 rings (SSSR count). The van der Waals surface area contributed by atoms with Gasteiger partial charge in [0.25, 0.3) is 0 Å². The fourth-order valence-corrected chi connectivity index (χ4v) is 1.39. The van der Waals surface area contributed by atoms with Gasteiger partial charge in [-0.15, -0.1) is 0 Å². The summed E-state index contributed by atoms with van der Waals surface area (Å²) in [6, 6.07) is 6.55. The number of hydrogen-bond donors (Lipinski definition) is 4. The van der Waals surface area contributed by atoms with Crippen LogP contribution in [0.5, 0.6) is 5.75 Å². The minimum Gasteiger partial charge on any atom is -0.494 e. The number of benzene rings is 1. The van der Waals surface area contributed by atoms with Gasteiger partial charge in [-0.05, 0) is 25.5 Å². The van der Waals surface area contributed by atoms with Gasteiger partial charge in [0, 0.05) is 12.1 Å². The van der Waals surface area contributed by atoms with E-state index >= 15 is 0 Å². The monoisotopic (exact) mass is 264 g/mol. The van der Waals surface area contributed by atoms with E-state index in [1.807, 2.05) is 0 Å². The molecule has 1 atom stereocenters. The van der Waals surface area contributed by atoms with Crippen LogP contribution < -0.4 is 21.5 Å². The van der Waals surface area contributed by atoms with E-state index in [-0.39, 0.29) is 11.7 Å². The summed E-state index contributed by atoms with van der Waals surface area (Å²) in [5.74, 6) is 0.499. The molecule has 0 unspecified atom stereocenters. The van der Waals surface area contributed by atoms with Gasteiger partial charge in [0.05, 0.1) is 12.6 Å². The van der Waals surface area contributed by atoms with Crippen molar-refractivity contribution in [2.75, 3.05) is 13.2 Å². The molecular formula is C13H20N4O2. The van der Waals surface area contributed by atoms with Gasteiger partial charge in [-0.25, -0.2) is 0 Å². The van der Waals surface area contributed by atoms with Crippen molar-refractivity contribution < 1.29 is 9.53 Å².